The summed E-state index contributed by atoms with van der Waals surface area (Å²) in [5.74, 6) is 0. The topological polar surface area (TPSA) is 31.4 Å². The number of aromatic nitrogens is 1. The highest BCUT2D eigenvalue weighted by Crippen LogP contribution is 2.26. The summed E-state index contributed by atoms with van der Waals surface area (Å²) < 4.78 is 0. The van der Waals surface area contributed by atoms with Crippen molar-refractivity contribution >= 4 is 22.7 Å². The lowest BCUT2D eigenvalue weighted by atomic mass is 10.2. The Hall–Kier alpha value is -0.790. The molecule has 4 heterocycles. The highest BCUT2D eigenvalue weighted by atomic mass is 32.1. The minimum Gasteiger partial charge on any atom is -0.315 e. The summed E-state index contributed by atoms with van der Waals surface area (Å²) in [7, 11) is 0. The number of rotatable bonds is 4. The SMILES string of the molecule is c1cc(-c2nc(CN3CCN(C4CCNC4)CC3)cs2)cs1. The normalized spacial score (nSPS) is 24.1. The van der Waals surface area contributed by atoms with E-state index in [1.165, 1.54) is 56.9 Å². The van der Waals surface area contributed by atoms with Gasteiger partial charge in [-0.25, -0.2) is 4.98 Å². The molecule has 0 bridgehead atoms. The van der Waals surface area contributed by atoms with Gasteiger partial charge in [-0.3, -0.25) is 9.80 Å². The molecule has 1 atom stereocenters. The number of nitrogens with one attached hydrogen (secondary N) is 1. The summed E-state index contributed by atoms with van der Waals surface area (Å²) in [6, 6.07) is 2.92. The number of hydrogen-bond acceptors (Lipinski definition) is 6. The summed E-state index contributed by atoms with van der Waals surface area (Å²) in [5.41, 5.74) is 2.49. The molecule has 6 heteroatoms. The van der Waals surface area contributed by atoms with Gasteiger partial charge in [0.2, 0.25) is 0 Å². The minimum atomic E-state index is 0.770. The molecular formula is C16H22N4S2. The van der Waals surface area contributed by atoms with E-state index < -0.39 is 0 Å². The standard InChI is InChI=1S/C16H22N4S2/c1-3-17-9-15(1)20-6-4-19(5-7-20)10-14-12-22-16(18-14)13-2-8-21-11-13/h2,8,11-12,15,17H,1,3-7,9-10H2. The molecule has 4 rings (SSSR count). The summed E-state index contributed by atoms with van der Waals surface area (Å²) in [5, 5.41) is 11.2. The molecule has 2 aliphatic heterocycles. The summed E-state index contributed by atoms with van der Waals surface area (Å²) in [6.07, 6.45) is 1.32. The zero-order valence-electron chi connectivity index (χ0n) is 12.7. The Morgan fingerprint density at radius 1 is 1.23 bits per heavy atom. The van der Waals surface area contributed by atoms with Crippen LogP contribution in [0.4, 0.5) is 0 Å². The first-order valence-electron chi connectivity index (χ1n) is 8.02. The molecule has 22 heavy (non-hydrogen) atoms. The molecule has 0 aliphatic carbocycles. The lowest BCUT2D eigenvalue weighted by molar-refractivity contribution is 0.0975. The fourth-order valence-electron chi connectivity index (χ4n) is 3.37. The quantitative estimate of drug-likeness (QED) is 0.930. The Balaban J connectivity index is 1.31. The van der Waals surface area contributed by atoms with Gasteiger partial charge in [0.05, 0.1) is 5.69 Å². The summed E-state index contributed by atoms with van der Waals surface area (Å²) >= 11 is 3.50. The molecule has 1 unspecified atom stereocenters. The first-order chi connectivity index (χ1) is 10.9. The maximum atomic E-state index is 4.80. The van der Waals surface area contributed by atoms with E-state index >= 15 is 0 Å². The molecule has 118 valence electrons. The van der Waals surface area contributed by atoms with Gasteiger partial charge in [0.15, 0.2) is 0 Å². The van der Waals surface area contributed by atoms with Gasteiger partial charge in [-0.1, -0.05) is 0 Å². The first-order valence-corrected chi connectivity index (χ1v) is 9.85. The second-order valence-corrected chi connectivity index (χ2v) is 7.75. The Labute approximate surface area is 139 Å². The third-order valence-corrected chi connectivity index (χ3v) is 6.29. The van der Waals surface area contributed by atoms with Crippen LogP contribution in [0.15, 0.2) is 22.2 Å². The van der Waals surface area contributed by atoms with E-state index in [1.807, 2.05) is 0 Å². The Kier molecular flexibility index (Phi) is 4.54. The van der Waals surface area contributed by atoms with Crippen LogP contribution in [0.5, 0.6) is 0 Å². The van der Waals surface area contributed by atoms with Crippen LogP contribution in [0.1, 0.15) is 12.1 Å². The average Bonchev–Trinajstić information content (AvgIpc) is 3.30. The molecule has 0 aromatic carbocycles. The molecule has 2 aromatic heterocycles. The van der Waals surface area contributed by atoms with E-state index in [0.717, 1.165) is 17.6 Å². The number of piperazine rings is 1. The highest BCUT2D eigenvalue weighted by molar-refractivity contribution is 7.14. The van der Waals surface area contributed by atoms with Crippen molar-refractivity contribution in [2.24, 2.45) is 0 Å². The van der Waals surface area contributed by atoms with E-state index in [9.17, 15) is 0 Å². The third-order valence-electron chi connectivity index (χ3n) is 4.66. The molecule has 0 saturated carbocycles. The van der Waals surface area contributed by atoms with Gasteiger partial charge in [-0.15, -0.1) is 11.3 Å². The van der Waals surface area contributed by atoms with Crippen molar-refractivity contribution in [1.29, 1.82) is 0 Å². The summed E-state index contributed by atoms with van der Waals surface area (Å²) in [6.45, 7) is 8.11. The van der Waals surface area contributed by atoms with Gasteiger partial charge >= 0.3 is 0 Å². The lowest BCUT2D eigenvalue weighted by Crippen LogP contribution is -2.50. The van der Waals surface area contributed by atoms with E-state index in [4.69, 9.17) is 4.98 Å². The fourth-order valence-corrected chi connectivity index (χ4v) is 4.89. The highest BCUT2D eigenvalue weighted by Gasteiger charge is 2.26. The molecule has 0 radical (unpaired) electrons. The van der Waals surface area contributed by atoms with Crippen LogP contribution in [0, 0.1) is 0 Å². The van der Waals surface area contributed by atoms with Gasteiger partial charge in [0, 0.05) is 61.6 Å². The Bertz CT molecular complexity index is 581. The molecule has 2 fully saturated rings. The van der Waals surface area contributed by atoms with Crippen molar-refractivity contribution < 1.29 is 0 Å². The molecule has 2 aliphatic rings. The average molecular weight is 335 g/mol. The largest absolute Gasteiger partial charge is 0.315 e. The van der Waals surface area contributed by atoms with Crippen LogP contribution in [-0.4, -0.2) is 60.1 Å². The van der Waals surface area contributed by atoms with Gasteiger partial charge in [-0.2, -0.15) is 11.3 Å². The van der Waals surface area contributed by atoms with E-state index in [1.54, 1.807) is 22.7 Å². The van der Waals surface area contributed by atoms with Crippen molar-refractivity contribution in [2.75, 3.05) is 39.3 Å². The van der Waals surface area contributed by atoms with E-state index in [-0.39, 0.29) is 0 Å². The summed E-state index contributed by atoms with van der Waals surface area (Å²) in [4.78, 5) is 10.0. The second kappa shape index (κ2) is 6.76. The van der Waals surface area contributed by atoms with E-state index in [0.29, 0.717) is 0 Å². The van der Waals surface area contributed by atoms with Crippen LogP contribution in [0.2, 0.25) is 0 Å². The van der Waals surface area contributed by atoms with Crippen molar-refractivity contribution in [2.45, 2.75) is 19.0 Å². The van der Waals surface area contributed by atoms with Crippen molar-refractivity contribution in [1.82, 2.24) is 20.1 Å². The smallest absolute Gasteiger partial charge is 0.124 e. The fraction of sp³-hybridized carbons (Fsp3) is 0.562. The maximum Gasteiger partial charge on any atom is 0.124 e. The molecule has 0 spiro atoms. The molecule has 4 nitrogen and oxygen atoms in total. The predicted octanol–water partition coefficient (Wildman–Crippen LogP) is 2.35. The first kappa shape index (κ1) is 14.8. The van der Waals surface area contributed by atoms with Crippen LogP contribution in [-0.2, 0) is 6.54 Å². The number of thiophene rings is 1. The molecule has 2 aromatic rings. The van der Waals surface area contributed by atoms with Crippen LogP contribution in [0.3, 0.4) is 0 Å². The minimum absolute atomic E-state index is 0.770. The van der Waals surface area contributed by atoms with Crippen LogP contribution in [0.25, 0.3) is 10.6 Å². The van der Waals surface area contributed by atoms with Crippen molar-refractivity contribution in [3.63, 3.8) is 0 Å². The van der Waals surface area contributed by atoms with Gasteiger partial charge in [0.1, 0.15) is 5.01 Å². The van der Waals surface area contributed by atoms with Gasteiger partial charge in [0.25, 0.3) is 0 Å². The van der Waals surface area contributed by atoms with Crippen molar-refractivity contribution in [3.8, 4) is 10.6 Å². The van der Waals surface area contributed by atoms with Crippen LogP contribution < -0.4 is 5.32 Å². The second-order valence-electron chi connectivity index (χ2n) is 6.11. The zero-order chi connectivity index (χ0) is 14.8. The maximum absolute atomic E-state index is 4.80. The van der Waals surface area contributed by atoms with Gasteiger partial charge < -0.3 is 5.32 Å². The predicted molar refractivity (Wildman–Crippen MR) is 93.6 cm³/mol. The molecular weight excluding hydrogens is 312 g/mol. The molecule has 1 N–H and O–H groups in total. The zero-order valence-corrected chi connectivity index (χ0v) is 14.3. The monoisotopic (exact) mass is 334 g/mol. The number of hydrogen-bond donors (Lipinski definition) is 1. The molecule has 2 saturated heterocycles. The van der Waals surface area contributed by atoms with Crippen molar-refractivity contribution in [3.05, 3.63) is 27.9 Å². The lowest BCUT2D eigenvalue weighted by Gasteiger charge is -2.37. The number of thiazole rings is 1. The van der Waals surface area contributed by atoms with E-state index in [2.05, 4.69) is 37.3 Å². The van der Waals surface area contributed by atoms with Crippen LogP contribution >= 0.6 is 22.7 Å². The third kappa shape index (κ3) is 3.26. The Morgan fingerprint density at radius 3 is 2.86 bits per heavy atom. The number of nitrogens with zero attached hydrogens (tertiary/aromatic N) is 3. The molecule has 0 amide bonds. The van der Waals surface area contributed by atoms with Gasteiger partial charge in [-0.05, 0) is 24.4 Å². The Morgan fingerprint density at radius 2 is 2.14 bits per heavy atom.